The van der Waals surface area contributed by atoms with E-state index in [1.807, 2.05) is 6.07 Å². The molecule has 1 saturated carbocycles. The van der Waals surface area contributed by atoms with Crippen LogP contribution in [-0.4, -0.2) is 42.3 Å². The molecule has 0 heterocycles. The number of phenols is 1. The molecule has 0 aliphatic heterocycles. The summed E-state index contributed by atoms with van der Waals surface area (Å²) in [5.74, 6) is 0.404. The highest BCUT2D eigenvalue weighted by Gasteiger charge is 2.33. The SMILES string of the molecule is CC(NCC(O)c1ccc(O)c(C(N)=O)c1)[C@H]1C[C@@H](CN(C)c2ccccc2)C1. The molecule has 2 aromatic carbocycles. The molecule has 0 aromatic heterocycles. The van der Waals surface area contributed by atoms with Crippen molar-refractivity contribution in [3.05, 3.63) is 59.7 Å². The molecule has 29 heavy (non-hydrogen) atoms. The number of hydrogen-bond donors (Lipinski definition) is 4. The Hall–Kier alpha value is -2.57. The average molecular weight is 398 g/mol. The normalized spacial score (nSPS) is 20.5. The highest BCUT2D eigenvalue weighted by Crippen LogP contribution is 2.37. The molecule has 1 amide bonds. The van der Waals surface area contributed by atoms with Gasteiger partial charge in [0.25, 0.3) is 5.91 Å². The Morgan fingerprint density at radius 2 is 1.93 bits per heavy atom. The summed E-state index contributed by atoms with van der Waals surface area (Å²) in [6.07, 6.45) is 1.58. The molecule has 0 saturated heterocycles. The fraction of sp³-hybridized carbons (Fsp3) is 0.435. The summed E-state index contributed by atoms with van der Waals surface area (Å²) in [6.45, 7) is 3.59. The highest BCUT2D eigenvalue weighted by atomic mass is 16.3. The third-order valence-electron chi connectivity index (χ3n) is 6.01. The molecule has 1 aliphatic rings. The molecule has 0 radical (unpaired) electrons. The fourth-order valence-corrected chi connectivity index (χ4v) is 4.06. The third-order valence-corrected chi connectivity index (χ3v) is 6.01. The second-order valence-electron chi connectivity index (χ2n) is 8.17. The second kappa shape index (κ2) is 9.29. The minimum atomic E-state index is -0.767. The fourth-order valence-electron chi connectivity index (χ4n) is 4.06. The van der Waals surface area contributed by atoms with Crippen molar-refractivity contribution in [2.24, 2.45) is 17.6 Å². The summed E-state index contributed by atoms with van der Waals surface area (Å²) in [6, 6.07) is 15.2. The Labute approximate surface area is 172 Å². The monoisotopic (exact) mass is 397 g/mol. The number of aliphatic hydroxyl groups is 1. The van der Waals surface area contributed by atoms with Crippen LogP contribution < -0.4 is 16.0 Å². The van der Waals surface area contributed by atoms with E-state index in [1.54, 1.807) is 6.07 Å². The van der Waals surface area contributed by atoms with Gasteiger partial charge in [-0.3, -0.25) is 4.79 Å². The summed E-state index contributed by atoms with van der Waals surface area (Å²) in [7, 11) is 2.14. The summed E-state index contributed by atoms with van der Waals surface area (Å²) in [4.78, 5) is 13.7. The largest absolute Gasteiger partial charge is 0.507 e. The van der Waals surface area contributed by atoms with Crippen molar-refractivity contribution in [1.29, 1.82) is 0 Å². The smallest absolute Gasteiger partial charge is 0.252 e. The Bertz CT molecular complexity index is 821. The number of hydrogen-bond acceptors (Lipinski definition) is 5. The number of aliphatic hydroxyl groups excluding tert-OH is 1. The van der Waals surface area contributed by atoms with Crippen LogP contribution in [0.4, 0.5) is 5.69 Å². The number of nitrogens with zero attached hydrogens (tertiary/aromatic N) is 1. The van der Waals surface area contributed by atoms with Gasteiger partial charge in [-0.25, -0.2) is 0 Å². The van der Waals surface area contributed by atoms with Gasteiger partial charge in [0, 0.05) is 31.9 Å². The molecule has 1 fully saturated rings. The number of carbonyl (C=O) groups is 1. The predicted octanol–water partition coefficient (Wildman–Crippen LogP) is 2.67. The zero-order chi connectivity index (χ0) is 21.0. The number of nitrogens with one attached hydrogen (secondary N) is 1. The molecule has 3 rings (SSSR count). The molecule has 6 nitrogen and oxygen atoms in total. The van der Waals surface area contributed by atoms with Crippen molar-refractivity contribution >= 4 is 11.6 Å². The summed E-state index contributed by atoms with van der Waals surface area (Å²) >= 11 is 0. The zero-order valence-electron chi connectivity index (χ0n) is 17.1. The first kappa shape index (κ1) is 21.1. The molecular weight excluding hydrogens is 366 g/mol. The Morgan fingerprint density at radius 3 is 2.59 bits per heavy atom. The number of carbonyl (C=O) groups excluding carboxylic acids is 1. The van der Waals surface area contributed by atoms with Crippen molar-refractivity contribution in [2.45, 2.75) is 31.9 Å². The number of anilines is 1. The Kier molecular flexibility index (Phi) is 6.77. The van der Waals surface area contributed by atoms with Crippen LogP contribution in [0.2, 0.25) is 0 Å². The minimum Gasteiger partial charge on any atom is -0.507 e. The molecule has 2 unspecified atom stereocenters. The highest BCUT2D eigenvalue weighted by molar-refractivity contribution is 5.95. The minimum absolute atomic E-state index is 0.0268. The average Bonchev–Trinajstić information content (AvgIpc) is 2.68. The van der Waals surface area contributed by atoms with E-state index in [9.17, 15) is 15.0 Å². The van der Waals surface area contributed by atoms with Gasteiger partial charge in [0.1, 0.15) is 5.75 Å². The van der Waals surface area contributed by atoms with E-state index >= 15 is 0 Å². The van der Waals surface area contributed by atoms with Gasteiger partial charge in [-0.15, -0.1) is 0 Å². The first-order valence-electron chi connectivity index (χ1n) is 10.2. The third kappa shape index (κ3) is 5.28. The molecule has 1 aliphatic carbocycles. The lowest BCUT2D eigenvalue weighted by Crippen LogP contribution is -2.45. The van der Waals surface area contributed by atoms with E-state index in [2.05, 4.69) is 48.5 Å². The lowest BCUT2D eigenvalue weighted by molar-refractivity contribution is 0.0997. The number of benzene rings is 2. The van der Waals surface area contributed by atoms with Crippen molar-refractivity contribution in [3.8, 4) is 5.75 Å². The lowest BCUT2D eigenvalue weighted by atomic mass is 9.71. The first-order valence-corrected chi connectivity index (χ1v) is 10.2. The van der Waals surface area contributed by atoms with E-state index in [1.165, 1.54) is 30.7 Å². The van der Waals surface area contributed by atoms with Crippen LogP contribution in [-0.2, 0) is 0 Å². The maximum atomic E-state index is 11.4. The van der Waals surface area contributed by atoms with E-state index in [4.69, 9.17) is 5.73 Å². The number of amides is 1. The Balaban J connectivity index is 1.43. The molecular formula is C23H31N3O3. The lowest BCUT2D eigenvalue weighted by Gasteiger charge is -2.41. The summed E-state index contributed by atoms with van der Waals surface area (Å²) in [5, 5.41) is 23.5. The van der Waals surface area contributed by atoms with Gasteiger partial charge in [0.05, 0.1) is 11.7 Å². The van der Waals surface area contributed by atoms with Crippen LogP contribution in [0.25, 0.3) is 0 Å². The molecule has 2 atom stereocenters. The van der Waals surface area contributed by atoms with Gasteiger partial charge in [0.15, 0.2) is 0 Å². The van der Waals surface area contributed by atoms with Crippen LogP contribution in [0.1, 0.15) is 41.8 Å². The van der Waals surface area contributed by atoms with E-state index in [0.29, 0.717) is 30.0 Å². The van der Waals surface area contributed by atoms with Crippen LogP contribution in [0.5, 0.6) is 5.75 Å². The van der Waals surface area contributed by atoms with Gasteiger partial charge in [0.2, 0.25) is 0 Å². The maximum Gasteiger partial charge on any atom is 0.252 e. The summed E-state index contributed by atoms with van der Waals surface area (Å²) < 4.78 is 0. The van der Waals surface area contributed by atoms with Gasteiger partial charge in [-0.1, -0.05) is 24.3 Å². The Morgan fingerprint density at radius 1 is 1.24 bits per heavy atom. The quantitative estimate of drug-likeness (QED) is 0.521. The first-order chi connectivity index (χ1) is 13.8. The van der Waals surface area contributed by atoms with Gasteiger partial charge >= 0.3 is 0 Å². The van der Waals surface area contributed by atoms with Crippen LogP contribution in [0, 0.1) is 11.8 Å². The summed E-state index contributed by atoms with van der Waals surface area (Å²) in [5.41, 5.74) is 7.09. The zero-order valence-corrected chi connectivity index (χ0v) is 17.1. The van der Waals surface area contributed by atoms with E-state index in [-0.39, 0.29) is 11.3 Å². The van der Waals surface area contributed by atoms with Gasteiger partial charge in [-0.2, -0.15) is 0 Å². The van der Waals surface area contributed by atoms with Crippen molar-refractivity contribution in [3.63, 3.8) is 0 Å². The van der Waals surface area contributed by atoms with Crippen molar-refractivity contribution in [1.82, 2.24) is 5.32 Å². The molecule has 6 heteroatoms. The standard InChI is InChI=1S/C23H31N3O3/c1-15(18-10-16(11-18)14-26(2)19-6-4-3-5-7-19)25-13-22(28)17-8-9-21(27)20(12-17)23(24)29/h3-9,12,15-16,18,22,25,27-28H,10-11,13-14H2,1-2H3,(H2,24,29)/t15?,16-,18+,22?. The number of primary amides is 1. The topological polar surface area (TPSA) is 98.8 Å². The molecule has 0 bridgehead atoms. The van der Waals surface area contributed by atoms with E-state index < -0.39 is 12.0 Å². The number of aromatic hydroxyl groups is 1. The van der Waals surface area contributed by atoms with Crippen molar-refractivity contribution < 1.29 is 15.0 Å². The van der Waals surface area contributed by atoms with E-state index in [0.717, 1.165) is 6.54 Å². The second-order valence-corrected chi connectivity index (χ2v) is 8.17. The van der Waals surface area contributed by atoms with Gasteiger partial charge < -0.3 is 26.2 Å². The van der Waals surface area contributed by atoms with Gasteiger partial charge in [-0.05, 0) is 61.4 Å². The molecule has 5 N–H and O–H groups in total. The molecule has 156 valence electrons. The predicted molar refractivity (Wildman–Crippen MR) is 115 cm³/mol. The maximum absolute atomic E-state index is 11.4. The van der Waals surface area contributed by atoms with Crippen LogP contribution in [0.15, 0.2) is 48.5 Å². The van der Waals surface area contributed by atoms with Crippen LogP contribution in [0.3, 0.4) is 0 Å². The number of para-hydroxylation sites is 1. The molecule has 2 aromatic rings. The van der Waals surface area contributed by atoms with Crippen molar-refractivity contribution in [2.75, 3.05) is 25.0 Å². The number of nitrogens with two attached hydrogens (primary N) is 1. The van der Waals surface area contributed by atoms with Crippen LogP contribution >= 0.6 is 0 Å². The molecule has 0 spiro atoms. The number of rotatable bonds is 9.